The van der Waals surface area contributed by atoms with Crippen LogP contribution in [0.5, 0.6) is 0 Å². The lowest BCUT2D eigenvalue weighted by Crippen LogP contribution is -2.11. The summed E-state index contributed by atoms with van der Waals surface area (Å²) >= 11 is 5.62. The van der Waals surface area contributed by atoms with Gasteiger partial charge < -0.3 is 4.74 Å². The molecule has 0 aliphatic heterocycles. The van der Waals surface area contributed by atoms with E-state index < -0.39 is 17.7 Å². The molecule has 0 amide bonds. The SMILES string of the molecule is CC.COC(=O)c1cc(Cl)c(C)c(C(F)(F)F)c1. The van der Waals surface area contributed by atoms with E-state index in [2.05, 4.69) is 4.74 Å². The molecule has 0 atom stereocenters. The molecule has 6 heteroatoms. The Morgan fingerprint density at radius 1 is 1.28 bits per heavy atom. The van der Waals surface area contributed by atoms with Gasteiger partial charge in [0.05, 0.1) is 18.2 Å². The van der Waals surface area contributed by atoms with Gasteiger partial charge in [0, 0.05) is 5.02 Å². The van der Waals surface area contributed by atoms with Crippen molar-refractivity contribution in [3.8, 4) is 0 Å². The van der Waals surface area contributed by atoms with E-state index in [-0.39, 0.29) is 16.1 Å². The van der Waals surface area contributed by atoms with E-state index in [9.17, 15) is 18.0 Å². The maximum Gasteiger partial charge on any atom is 0.416 e. The Kier molecular flexibility index (Phi) is 6.18. The van der Waals surface area contributed by atoms with Gasteiger partial charge in [0.1, 0.15) is 0 Å². The number of rotatable bonds is 1. The minimum atomic E-state index is -4.54. The van der Waals surface area contributed by atoms with Crippen LogP contribution in [0.15, 0.2) is 12.1 Å². The fraction of sp³-hybridized carbons (Fsp3) is 0.417. The van der Waals surface area contributed by atoms with Crippen molar-refractivity contribution in [3.63, 3.8) is 0 Å². The molecule has 0 saturated carbocycles. The summed E-state index contributed by atoms with van der Waals surface area (Å²) in [5.74, 6) is -0.854. The molecular formula is C12H14ClF3O2. The third-order valence-corrected chi connectivity index (χ3v) is 2.46. The molecule has 1 aromatic carbocycles. The molecule has 2 nitrogen and oxygen atoms in total. The van der Waals surface area contributed by atoms with Crippen LogP contribution in [0.4, 0.5) is 13.2 Å². The summed E-state index contributed by atoms with van der Waals surface area (Å²) in [6.45, 7) is 5.24. The zero-order valence-corrected chi connectivity index (χ0v) is 11.2. The van der Waals surface area contributed by atoms with Crippen molar-refractivity contribution in [2.24, 2.45) is 0 Å². The fourth-order valence-corrected chi connectivity index (χ4v) is 1.43. The minimum Gasteiger partial charge on any atom is -0.465 e. The molecule has 0 aliphatic rings. The van der Waals surface area contributed by atoms with Crippen LogP contribution in [0.3, 0.4) is 0 Å². The Hall–Kier alpha value is -1.23. The van der Waals surface area contributed by atoms with Gasteiger partial charge in [-0.1, -0.05) is 25.4 Å². The van der Waals surface area contributed by atoms with Gasteiger partial charge in [-0.2, -0.15) is 13.2 Å². The van der Waals surface area contributed by atoms with Crippen LogP contribution >= 0.6 is 11.6 Å². The van der Waals surface area contributed by atoms with Gasteiger partial charge >= 0.3 is 12.1 Å². The van der Waals surface area contributed by atoms with Crippen LogP contribution in [-0.4, -0.2) is 13.1 Å². The van der Waals surface area contributed by atoms with Crippen LogP contribution in [0.1, 0.15) is 35.3 Å². The largest absolute Gasteiger partial charge is 0.465 e. The number of ether oxygens (including phenoxy) is 1. The number of hydrogen-bond donors (Lipinski definition) is 0. The van der Waals surface area contributed by atoms with Crippen LogP contribution < -0.4 is 0 Å². The Morgan fingerprint density at radius 2 is 1.78 bits per heavy atom. The number of carbonyl (C=O) groups is 1. The second-order valence-corrected chi connectivity index (χ2v) is 3.53. The third-order valence-electron chi connectivity index (χ3n) is 2.07. The van der Waals surface area contributed by atoms with E-state index in [4.69, 9.17) is 11.6 Å². The van der Waals surface area contributed by atoms with Gasteiger partial charge in [-0.3, -0.25) is 0 Å². The first kappa shape index (κ1) is 16.8. The Labute approximate surface area is 109 Å². The van der Waals surface area contributed by atoms with E-state index in [1.54, 1.807) is 0 Å². The van der Waals surface area contributed by atoms with Crippen molar-refractivity contribution in [2.45, 2.75) is 26.9 Å². The van der Waals surface area contributed by atoms with Crippen LogP contribution in [0.25, 0.3) is 0 Å². The van der Waals surface area contributed by atoms with Crippen molar-refractivity contribution in [3.05, 3.63) is 33.8 Å². The molecule has 0 saturated heterocycles. The predicted octanol–water partition coefficient (Wildman–Crippen LogP) is 4.48. The van der Waals surface area contributed by atoms with Gasteiger partial charge in [0.15, 0.2) is 0 Å². The summed E-state index contributed by atoms with van der Waals surface area (Å²) < 4.78 is 42.0. The van der Waals surface area contributed by atoms with E-state index >= 15 is 0 Å². The Balaban J connectivity index is 0.00000137. The summed E-state index contributed by atoms with van der Waals surface area (Å²) in [4.78, 5) is 11.1. The number of halogens is 4. The molecular weight excluding hydrogens is 269 g/mol. The lowest BCUT2D eigenvalue weighted by atomic mass is 10.0. The highest BCUT2D eigenvalue weighted by atomic mass is 35.5. The van der Waals surface area contributed by atoms with E-state index in [1.807, 2.05) is 13.8 Å². The van der Waals surface area contributed by atoms with E-state index in [0.29, 0.717) is 0 Å². The molecule has 0 N–H and O–H groups in total. The maximum atomic E-state index is 12.6. The summed E-state index contributed by atoms with van der Waals surface area (Å²) in [6.07, 6.45) is -4.54. The van der Waals surface area contributed by atoms with Crippen LogP contribution in [0, 0.1) is 6.92 Å². The molecule has 0 heterocycles. The first-order valence-electron chi connectivity index (χ1n) is 5.23. The molecule has 18 heavy (non-hydrogen) atoms. The quantitative estimate of drug-likeness (QED) is 0.710. The van der Waals surface area contributed by atoms with Gasteiger partial charge in [0.2, 0.25) is 0 Å². The van der Waals surface area contributed by atoms with Gasteiger partial charge in [-0.25, -0.2) is 4.79 Å². The van der Waals surface area contributed by atoms with Crippen molar-refractivity contribution in [2.75, 3.05) is 7.11 Å². The average Bonchev–Trinajstić information content (AvgIpc) is 2.32. The molecule has 1 aromatic rings. The first-order valence-corrected chi connectivity index (χ1v) is 5.61. The monoisotopic (exact) mass is 282 g/mol. The van der Waals surface area contributed by atoms with Crippen LogP contribution in [0.2, 0.25) is 5.02 Å². The predicted molar refractivity (Wildman–Crippen MR) is 63.9 cm³/mol. The second kappa shape index (κ2) is 6.64. The summed E-state index contributed by atoms with van der Waals surface area (Å²) in [5.41, 5.74) is -1.26. The first-order chi connectivity index (χ1) is 8.27. The van der Waals surface area contributed by atoms with Crippen molar-refractivity contribution >= 4 is 17.6 Å². The third kappa shape index (κ3) is 3.91. The molecule has 0 unspecified atom stereocenters. The number of hydrogen-bond acceptors (Lipinski definition) is 2. The molecule has 0 radical (unpaired) electrons. The highest BCUT2D eigenvalue weighted by Crippen LogP contribution is 2.35. The second-order valence-electron chi connectivity index (χ2n) is 3.12. The molecule has 0 spiro atoms. The molecule has 0 aromatic heterocycles. The highest BCUT2D eigenvalue weighted by Gasteiger charge is 2.34. The van der Waals surface area contributed by atoms with Gasteiger partial charge in [0.25, 0.3) is 0 Å². The topological polar surface area (TPSA) is 26.3 Å². The lowest BCUT2D eigenvalue weighted by molar-refractivity contribution is -0.138. The number of methoxy groups -OCH3 is 1. The van der Waals surface area contributed by atoms with Gasteiger partial charge in [-0.15, -0.1) is 0 Å². The van der Waals surface area contributed by atoms with Crippen molar-refractivity contribution in [1.29, 1.82) is 0 Å². The smallest absolute Gasteiger partial charge is 0.416 e. The van der Waals surface area contributed by atoms with E-state index in [0.717, 1.165) is 19.2 Å². The molecule has 0 fully saturated rings. The zero-order valence-electron chi connectivity index (χ0n) is 10.5. The molecule has 0 aliphatic carbocycles. The van der Waals surface area contributed by atoms with Crippen LogP contribution in [-0.2, 0) is 10.9 Å². The van der Waals surface area contributed by atoms with Crippen molar-refractivity contribution in [1.82, 2.24) is 0 Å². The normalized spacial score (nSPS) is 10.4. The number of carbonyl (C=O) groups excluding carboxylic acids is 1. The average molecular weight is 283 g/mol. The minimum absolute atomic E-state index is 0.109. The number of esters is 1. The molecule has 102 valence electrons. The standard InChI is InChI=1S/C10H8ClF3O2.C2H6/c1-5-7(10(12,13)14)3-6(4-8(5)11)9(15)16-2;1-2/h3-4H,1-2H3;1-2H3. The molecule has 0 bridgehead atoms. The summed E-state index contributed by atoms with van der Waals surface area (Å²) in [6, 6.07) is 1.88. The fourth-order valence-electron chi connectivity index (χ4n) is 1.21. The Bertz CT molecular complexity index is 428. The van der Waals surface area contributed by atoms with E-state index in [1.165, 1.54) is 6.92 Å². The molecule has 1 rings (SSSR count). The van der Waals surface area contributed by atoms with Gasteiger partial charge in [-0.05, 0) is 24.6 Å². The Morgan fingerprint density at radius 3 is 2.17 bits per heavy atom. The number of alkyl halides is 3. The number of benzene rings is 1. The van der Waals surface area contributed by atoms with Crippen molar-refractivity contribution < 1.29 is 22.7 Å². The lowest BCUT2D eigenvalue weighted by Gasteiger charge is -2.12. The zero-order chi connectivity index (χ0) is 14.5. The summed E-state index contributed by atoms with van der Waals surface area (Å²) in [7, 11) is 1.09. The summed E-state index contributed by atoms with van der Waals surface area (Å²) in [5, 5.41) is -0.116. The maximum absolute atomic E-state index is 12.6. The highest BCUT2D eigenvalue weighted by molar-refractivity contribution is 6.31.